The third kappa shape index (κ3) is 5.85. The number of ether oxygens (including phenoxy) is 2. The minimum absolute atomic E-state index is 0.141. The van der Waals surface area contributed by atoms with Crippen molar-refractivity contribution in [2.75, 3.05) is 0 Å². The van der Waals surface area contributed by atoms with Crippen LogP contribution in [0.4, 0.5) is 0 Å². The van der Waals surface area contributed by atoms with Crippen molar-refractivity contribution in [1.29, 1.82) is 0 Å². The number of esters is 2. The Morgan fingerprint density at radius 3 is 1.77 bits per heavy atom. The van der Waals surface area contributed by atoms with Gasteiger partial charge in [0.1, 0.15) is 17.5 Å². The Labute approximate surface area is 222 Å². The molecule has 39 heavy (non-hydrogen) atoms. The van der Waals surface area contributed by atoms with Crippen LogP contribution in [0.5, 0.6) is 11.5 Å². The highest BCUT2D eigenvalue weighted by Crippen LogP contribution is 2.28. The summed E-state index contributed by atoms with van der Waals surface area (Å²) in [5.41, 5.74) is 0.916. The van der Waals surface area contributed by atoms with E-state index in [2.05, 4.69) is 4.98 Å². The van der Waals surface area contributed by atoms with Crippen LogP contribution in [0.15, 0.2) is 79.0 Å². The zero-order chi connectivity index (χ0) is 28.1. The number of amides is 2. The number of carbonyl (C=O) groups is 5. The lowest BCUT2D eigenvalue weighted by atomic mass is 10.0. The van der Waals surface area contributed by atoms with Gasteiger partial charge in [-0.05, 0) is 35.9 Å². The first kappa shape index (κ1) is 26.8. The van der Waals surface area contributed by atoms with Gasteiger partial charge in [0.2, 0.25) is 0 Å². The predicted octanol–water partition coefficient (Wildman–Crippen LogP) is 4.00. The predicted molar refractivity (Wildman–Crippen MR) is 139 cm³/mol. The molecule has 198 valence electrons. The molecule has 10 nitrogen and oxygen atoms in total. The Kier molecular flexibility index (Phi) is 7.85. The first-order chi connectivity index (χ1) is 18.7. The second kappa shape index (κ2) is 11.4. The van der Waals surface area contributed by atoms with E-state index in [1.54, 1.807) is 18.3 Å². The van der Waals surface area contributed by atoms with Gasteiger partial charge in [-0.2, -0.15) is 0 Å². The van der Waals surface area contributed by atoms with Crippen molar-refractivity contribution in [3.8, 4) is 11.5 Å². The highest BCUT2D eigenvalue weighted by Gasteiger charge is 2.38. The standard InChI is InChI=1S/C29H24N2O8/c1-17(32)38-25-13-7-4-10-21(25)27(34)31(28(35)22-11-5-8-14-26(22)39-18(2)33)24(29(36)37)15-19-16-30-23-12-6-3-9-20(19)23/h3-14,16,24,30H,15H2,1-2H3,(H,36,37). The molecule has 0 radical (unpaired) electrons. The summed E-state index contributed by atoms with van der Waals surface area (Å²) in [5.74, 6) is -5.17. The largest absolute Gasteiger partial charge is 0.480 e. The quantitative estimate of drug-likeness (QED) is 0.198. The molecule has 0 aliphatic rings. The number of para-hydroxylation sites is 3. The number of carboxylic acid groups (broad SMARTS) is 1. The van der Waals surface area contributed by atoms with Gasteiger partial charge >= 0.3 is 17.9 Å². The average Bonchev–Trinajstić information content (AvgIpc) is 3.31. The normalized spacial score (nSPS) is 11.4. The lowest BCUT2D eigenvalue weighted by Gasteiger charge is -2.28. The topological polar surface area (TPSA) is 143 Å². The van der Waals surface area contributed by atoms with Crippen molar-refractivity contribution < 1.29 is 38.6 Å². The number of aromatic nitrogens is 1. The molecule has 1 aromatic heterocycles. The van der Waals surface area contributed by atoms with Gasteiger partial charge in [-0.1, -0.05) is 42.5 Å². The molecule has 4 rings (SSSR count). The smallest absolute Gasteiger partial charge is 0.327 e. The van der Waals surface area contributed by atoms with Gasteiger partial charge in [0, 0.05) is 37.4 Å². The zero-order valence-corrected chi connectivity index (χ0v) is 21.0. The van der Waals surface area contributed by atoms with Crippen LogP contribution < -0.4 is 9.47 Å². The number of hydrogen-bond acceptors (Lipinski definition) is 7. The number of aromatic amines is 1. The van der Waals surface area contributed by atoms with Gasteiger partial charge in [0.25, 0.3) is 11.8 Å². The van der Waals surface area contributed by atoms with Crippen molar-refractivity contribution in [2.24, 2.45) is 0 Å². The Bertz CT molecular complexity index is 1520. The number of carbonyl (C=O) groups excluding carboxylic acids is 4. The molecule has 2 amide bonds. The van der Waals surface area contributed by atoms with Crippen LogP contribution in [-0.2, 0) is 20.8 Å². The third-order valence-corrected chi connectivity index (χ3v) is 5.86. The number of benzene rings is 3. The Morgan fingerprint density at radius 2 is 1.26 bits per heavy atom. The number of nitrogens with one attached hydrogen (secondary N) is 1. The number of fused-ring (bicyclic) bond motifs is 1. The van der Waals surface area contributed by atoms with Gasteiger partial charge < -0.3 is 19.6 Å². The summed E-state index contributed by atoms with van der Waals surface area (Å²) in [6.45, 7) is 2.30. The van der Waals surface area contributed by atoms with Crippen LogP contribution in [0.1, 0.15) is 40.1 Å². The highest BCUT2D eigenvalue weighted by atomic mass is 16.5. The molecule has 0 saturated carbocycles. The molecule has 1 atom stereocenters. The van der Waals surface area contributed by atoms with E-state index in [-0.39, 0.29) is 29.0 Å². The van der Waals surface area contributed by atoms with Crippen LogP contribution in [-0.4, -0.2) is 50.8 Å². The number of H-pyrrole nitrogens is 1. The molecule has 1 unspecified atom stereocenters. The summed E-state index contributed by atoms with van der Waals surface area (Å²) in [6, 6.07) is 16.9. The van der Waals surface area contributed by atoms with Crippen molar-refractivity contribution in [3.05, 3.63) is 95.7 Å². The van der Waals surface area contributed by atoms with Crippen LogP contribution in [0, 0.1) is 0 Å². The number of hydrogen-bond donors (Lipinski definition) is 2. The van der Waals surface area contributed by atoms with Crippen molar-refractivity contribution in [2.45, 2.75) is 26.3 Å². The molecule has 4 aromatic rings. The fraction of sp³-hybridized carbons (Fsp3) is 0.138. The maximum Gasteiger partial charge on any atom is 0.327 e. The van der Waals surface area contributed by atoms with Crippen LogP contribution in [0.3, 0.4) is 0 Å². The number of nitrogens with zero attached hydrogens (tertiary/aromatic N) is 1. The molecule has 0 fully saturated rings. The van der Waals surface area contributed by atoms with E-state index in [9.17, 15) is 29.1 Å². The van der Waals surface area contributed by atoms with E-state index in [0.29, 0.717) is 10.5 Å². The molecule has 0 aliphatic carbocycles. The second-order valence-electron chi connectivity index (χ2n) is 8.58. The summed E-state index contributed by atoms with van der Waals surface area (Å²) in [5, 5.41) is 11.0. The van der Waals surface area contributed by atoms with Gasteiger partial charge in [0.05, 0.1) is 11.1 Å². The Morgan fingerprint density at radius 1 is 0.769 bits per heavy atom. The van der Waals surface area contributed by atoms with Crippen LogP contribution >= 0.6 is 0 Å². The van der Waals surface area contributed by atoms with Crippen molar-refractivity contribution in [1.82, 2.24) is 9.88 Å². The van der Waals surface area contributed by atoms with E-state index >= 15 is 0 Å². The summed E-state index contributed by atoms with van der Waals surface area (Å²) >= 11 is 0. The molecular weight excluding hydrogens is 504 g/mol. The fourth-order valence-electron chi connectivity index (χ4n) is 4.21. The Balaban J connectivity index is 1.86. The lowest BCUT2D eigenvalue weighted by Crippen LogP contribution is -2.50. The number of carboxylic acids is 1. The minimum atomic E-state index is -1.68. The maximum absolute atomic E-state index is 14.0. The molecule has 10 heteroatoms. The lowest BCUT2D eigenvalue weighted by molar-refractivity contribution is -0.141. The summed E-state index contributed by atoms with van der Waals surface area (Å²) in [6.07, 6.45) is 1.38. The molecule has 0 spiro atoms. The summed E-state index contributed by atoms with van der Waals surface area (Å²) in [7, 11) is 0. The van der Waals surface area contributed by atoms with E-state index in [4.69, 9.17) is 9.47 Å². The SMILES string of the molecule is CC(=O)Oc1ccccc1C(=O)N(C(=O)c1ccccc1OC(C)=O)C(Cc1c[nH]c2ccccc12)C(=O)O. The molecule has 0 bridgehead atoms. The first-order valence-corrected chi connectivity index (χ1v) is 11.9. The van der Waals surface area contributed by atoms with Crippen LogP contribution in [0.25, 0.3) is 10.9 Å². The van der Waals surface area contributed by atoms with Gasteiger partial charge in [-0.15, -0.1) is 0 Å². The van der Waals surface area contributed by atoms with E-state index in [0.717, 1.165) is 24.8 Å². The van der Waals surface area contributed by atoms with Crippen molar-refractivity contribution >= 4 is 40.6 Å². The van der Waals surface area contributed by atoms with E-state index in [1.807, 2.05) is 12.1 Å². The number of rotatable bonds is 8. The van der Waals surface area contributed by atoms with Gasteiger partial charge in [-0.3, -0.25) is 24.1 Å². The number of imide groups is 1. The first-order valence-electron chi connectivity index (χ1n) is 11.9. The average molecular weight is 529 g/mol. The molecule has 1 heterocycles. The number of aliphatic carboxylic acids is 1. The molecular formula is C29H24N2O8. The Hall–Kier alpha value is -5.25. The third-order valence-electron chi connectivity index (χ3n) is 5.86. The molecule has 0 aliphatic heterocycles. The summed E-state index contributed by atoms with van der Waals surface area (Å²) < 4.78 is 10.3. The highest BCUT2D eigenvalue weighted by molar-refractivity contribution is 6.14. The molecule has 2 N–H and O–H groups in total. The molecule has 3 aromatic carbocycles. The monoisotopic (exact) mass is 528 g/mol. The van der Waals surface area contributed by atoms with Gasteiger partial charge in [0.15, 0.2) is 0 Å². The van der Waals surface area contributed by atoms with E-state index < -0.39 is 35.8 Å². The molecule has 0 saturated heterocycles. The second-order valence-corrected chi connectivity index (χ2v) is 8.58. The van der Waals surface area contributed by atoms with E-state index in [1.165, 1.54) is 48.5 Å². The fourth-order valence-corrected chi connectivity index (χ4v) is 4.21. The maximum atomic E-state index is 14.0. The van der Waals surface area contributed by atoms with Gasteiger partial charge in [-0.25, -0.2) is 4.79 Å². The van der Waals surface area contributed by atoms with Crippen LogP contribution in [0.2, 0.25) is 0 Å². The minimum Gasteiger partial charge on any atom is -0.480 e. The summed E-state index contributed by atoms with van der Waals surface area (Å²) in [4.78, 5) is 67.6. The zero-order valence-electron chi connectivity index (χ0n) is 21.0. The van der Waals surface area contributed by atoms with Crippen molar-refractivity contribution in [3.63, 3.8) is 0 Å².